The molecule has 1 heterocycles. The van der Waals surface area contributed by atoms with Crippen LogP contribution in [0.25, 0.3) is 0 Å². The Morgan fingerprint density at radius 2 is 1.67 bits per heavy atom. The van der Waals surface area contributed by atoms with E-state index in [1.54, 1.807) is 18.2 Å². The Morgan fingerprint density at radius 1 is 0.970 bits per heavy atom. The van der Waals surface area contributed by atoms with Gasteiger partial charge in [0, 0.05) is 44.0 Å². The van der Waals surface area contributed by atoms with E-state index in [0.29, 0.717) is 44.0 Å². The summed E-state index contributed by atoms with van der Waals surface area (Å²) in [6.07, 6.45) is 1.99. The fourth-order valence-electron chi connectivity index (χ4n) is 3.67. The topological polar surface area (TPSA) is 102 Å². The number of aromatic carboxylic acids is 1. The quantitative estimate of drug-likeness (QED) is 0.535. The van der Waals surface area contributed by atoms with Crippen molar-refractivity contribution in [3.8, 4) is 0 Å². The minimum absolute atomic E-state index is 0.0541. The fraction of sp³-hybridized carbons (Fsp3) is 0.375. The van der Waals surface area contributed by atoms with Gasteiger partial charge in [0.25, 0.3) is 0 Å². The summed E-state index contributed by atoms with van der Waals surface area (Å²) in [4.78, 5) is 40.1. The van der Waals surface area contributed by atoms with Crippen molar-refractivity contribution in [2.75, 3.05) is 48.3 Å². The van der Waals surface area contributed by atoms with Crippen LogP contribution in [0.15, 0.2) is 42.5 Å². The first-order valence-electron chi connectivity index (χ1n) is 11.1. The largest absolute Gasteiger partial charge is 0.478 e. The number of benzene rings is 2. The SMILES string of the molecule is CCCCC(=O)Nc1ccc(N2CCN(CC(=O)Nc3ccc(F)cc3)CC2)cc1C(=O)O. The van der Waals surface area contributed by atoms with E-state index >= 15 is 0 Å². The Hall–Kier alpha value is -3.46. The normalized spacial score (nSPS) is 14.1. The third kappa shape index (κ3) is 7.01. The van der Waals surface area contributed by atoms with Crippen LogP contribution in [0, 0.1) is 5.82 Å². The molecule has 0 aromatic heterocycles. The third-order valence-corrected chi connectivity index (χ3v) is 5.50. The Labute approximate surface area is 192 Å². The van der Waals surface area contributed by atoms with E-state index in [1.165, 1.54) is 24.3 Å². The first kappa shape index (κ1) is 24.2. The summed E-state index contributed by atoms with van der Waals surface area (Å²) in [5.41, 5.74) is 1.65. The van der Waals surface area contributed by atoms with Crippen LogP contribution in [0.2, 0.25) is 0 Å². The highest BCUT2D eigenvalue weighted by atomic mass is 19.1. The van der Waals surface area contributed by atoms with Gasteiger partial charge in [-0.3, -0.25) is 14.5 Å². The lowest BCUT2D eigenvalue weighted by molar-refractivity contribution is -0.117. The zero-order valence-electron chi connectivity index (χ0n) is 18.6. The molecule has 0 radical (unpaired) electrons. The molecule has 3 N–H and O–H groups in total. The summed E-state index contributed by atoms with van der Waals surface area (Å²) in [5, 5.41) is 15.1. The number of amides is 2. The monoisotopic (exact) mass is 456 g/mol. The highest BCUT2D eigenvalue weighted by molar-refractivity contribution is 6.01. The summed E-state index contributed by atoms with van der Waals surface area (Å²) >= 11 is 0. The summed E-state index contributed by atoms with van der Waals surface area (Å²) in [6, 6.07) is 10.6. The molecule has 2 amide bonds. The van der Waals surface area contributed by atoms with Gasteiger partial charge in [-0.25, -0.2) is 9.18 Å². The van der Waals surface area contributed by atoms with Gasteiger partial charge in [-0.05, 0) is 48.9 Å². The number of anilines is 3. The van der Waals surface area contributed by atoms with Crippen molar-refractivity contribution in [1.82, 2.24) is 4.90 Å². The van der Waals surface area contributed by atoms with Gasteiger partial charge in [0.2, 0.25) is 11.8 Å². The molecule has 3 rings (SSSR count). The molecule has 33 heavy (non-hydrogen) atoms. The average molecular weight is 457 g/mol. The van der Waals surface area contributed by atoms with Crippen LogP contribution >= 0.6 is 0 Å². The molecule has 0 aliphatic carbocycles. The van der Waals surface area contributed by atoms with Crippen molar-refractivity contribution in [3.63, 3.8) is 0 Å². The molecule has 1 aliphatic heterocycles. The Morgan fingerprint density at radius 3 is 2.30 bits per heavy atom. The summed E-state index contributed by atoms with van der Waals surface area (Å²) in [7, 11) is 0. The second-order valence-electron chi connectivity index (χ2n) is 8.01. The number of piperazine rings is 1. The lowest BCUT2D eigenvalue weighted by Gasteiger charge is -2.36. The van der Waals surface area contributed by atoms with Gasteiger partial charge in [0.1, 0.15) is 5.82 Å². The van der Waals surface area contributed by atoms with Crippen LogP contribution in [0.1, 0.15) is 36.5 Å². The maximum atomic E-state index is 13.0. The summed E-state index contributed by atoms with van der Waals surface area (Å²) in [5.74, 6) is -1.83. The summed E-state index contributed by atoms with van der Waals surface area (Å²) < 4.78 is 13.0. The van der Waals surface area contributed by atoms with Crippen molar-refractivity contribution in [1.29, 1.82) is 0 Å². The number of rotatable bonds is 9. The van der Waals surface area contributed by atoms with E-state index in [4.69, 9.17) is 0 Å². The number of carbonyl (C=O) groups is 3. The van der Waals surface area contributed by atoms with E-state index in [0.717, 1.165) is 18.5 Å². The number of nitrogens with zero attached hydrogens (tertiary/aromatic N) is 2. The number of carbonyl (C=O) groups excluding carboxylic acids is 2. The third-order valence-electron chi connectivity index (χ3n) is 5.50. The van der Waals surface area contributed by atoms with Crippen LogP contribution in [-0.2, 0) is 9.59 Å². The Balaban J connectivity index is 1.55. The molecular weight excluding hydrogens is 427 g/mol. The fourth-order valence-corrected chi connectivity index (χ4v) is 3.67. The van der Waals surface area contributed by atoms with Gasteiger partial charge in [-0.2, -0.15) is 0 Å². The van der Waals surface area contributed by atoms with Gasteiger partial charge in [0.05, 0.1) is 17.8 Å². The zero-order chi connectivity index (χ0) is 23.8. The number of nitrogens with one attached hydrogen (secondary N) is 2. The lowest BCUT2D eigenvalue weighted by atomic mass is 10.1. The van der Waals surface area contributed by atoms with Gasteiger partial charge < -0.3 is 20.6 Å². The first-order chi connectivity index (χ1) is 15.9. The van der Waals surface area contributed by atoms with Crippen molar-refractivity contribution in [3.05, 3.63) is 53.8 Å². The van der Waals surface area contributed by atoms with Crippen molar-refractivity contribution in [2.45, 2.75) is 26.2 Å². The van der Waals surface area contributed by atoms with Crippen molar-refractivity contribution in [2.24, 2.45) is 0 Å². The lowest BCUT2D eigenvalue weighted by Crippen LogP contribution is -2.48. The highest BCUT2D eigenvalue weighted by Gasteiger charge is 2.21. The zero-order valence-corrected chi connectivity index (χ0v) is 18.6. The van der Waals surface area contributed by atoms with E-state index < -0.39 is 5.97 Å². The number of hydrogen-bond donors (Lipinski definition) is 3. The van der Waals surface area contributed by atoms with Crippen LogP contribution < -0.4 is 15.5 Å². The van der Waals surface area contributed by atoms with Crippen molar-refractivity contribution < 1.29 is 23.9 Å². The van der Waals surface area contributed by atoms with Crippen molar-refractivity contribution >= 4 is 34.8 Å². The molecule has 2 aromatic rings. The molecule has 0 atom stereocenters. The van der Waals surface area contributed by atoms with E-state index in [9.17, 15) is 23.9 Å². The molecule has 8 nitrogen and oxygen atoms in total. The summed E-state index contributed by atoms with van der Waals surface area (Å²) in [6.45, 7) is 4.73. The smallest absolute Gasteiger partial charge is 0.337 e. The van der Waals surface area contributed by atoms with E-state index in [-0.39, 0.29) is 29.7 Å². The van der Waals surface area contributed by atoms with Gasteiger partial charge >= 0.3 is 5.97 Å². The number of unbranched alkanes of at least 4 members (excludes halogenated alkanes) is 1. The molecular formula is C24H29FN4O4. The predicted molar refractivity (Wildman–Crippen MR) is 125 cm³/mol. The molecule has 1 aliphatic rings. The number of carboxylic acids is 1. The van der Waals surface area contributed by atoms with Gasteiger partial charge in [0.15, 0.2) is 0 Å². The van der Waals surface area contributed by atoms with Gasteiger partial charge in [-0.15, -0.1) is 0 Å². The Kier molecular flexibility index (Phi) is 8.37. The highest BCUT2D eigenvalue weighted by Crippen LogP contribution is 2.25. The molecule has 1 saturated heterocycles. The molecule has 0 saturated carbocycles. The first-order valence-corrected chi connectivity index (χ1v) is 11.1. The number of halogens is 1. The van der Waals surface area contributed by atoms with Gasteiger partial charge in [-0.1, -0.05) is 13.3 Å². The standard InChI is InChI=1S/C24H29FN4O4/c1-2-3-4-22(30)27-21-10-9-19(15-20(21)24(32)33)29-13-11-28(12-14-29)16-23(31)26-18-7-5-17(25)6-8-18/h5-10,15H,2-4,11-14,16H2,1H3,(H,26,31)(H,27,30)(H,32,33). The second-order valence-corrected chi connectivity index (χ2v) is 8.01. The number of carboxylic acid groups (broad SMARTS) is 1. The van der Waals surface area contributed by atoms with Crippen LogP contribution in [0.5, 0.6) is 0 Å². The molecule has 176 valence electrons. The average Bonchev–Trinajstić information content (AvgIpc) is 2.80. The molecule has 9 heteroatoms. The minimum atomic E-state index is -1.10. The maximum absolute atomic E-state index is 13.0. The van der Waals surface area contributed by atoms with E-state index in [1.807, 2.05) is 11.8 Å². The van der Waals surface area contributed by atoms with Crippen LogP contribution in [0.4, 0.5) is 21.5 Å². The number of hydrogen-bond acceptors (Lipinski definition) is 5. The minimum Gasteiger partial charge on any atom is -0.478 e. The van der Waals surface area contributed by atoms with E-state index in [2.05, 4.69) is 15.5 Å². The molecule has 2 aromatic carbocycles. The van der Waals surface area contributed by atoms with Crippen LogP contribution in [0.3, 0.4) is 0 Å². The Bertz CT molecular complexity index is 988. The maximum Gasteiger partial charge on any atom is 0.337 e. The molecule has 0 bridgehead atoms. The molecule has 0 spiro atoms. The molecule has 1 fully saturated rings. The molecule has 0 unspecified atom stereocenters. The second kappa shape index (κ2) is 11.4. The van der Waals surface area contributed by atoms with Crippen LogP contribution in [-0.4, -0.2) is 60.5 Å². The predicted octanol–water partition coefficient (Wildman–Crippen LogP) is 3.41.